The average Bonchev–Trinajstić information content (AvgIpc) is 1.92. The summed E-state index contributed by atoms with van der Waals surface area (Å²) in [6.07, 6.45) is 0. The first-order valence-corrected chi connectivity index (χ1v) is 4.35. The molecule has 0 atom stereocenters. The summed E-state index contributed by atoms with van der Waals surface area (Å²) in [5, 5.41) is 17.8. The molecule has 0 amide bonds. The number of rotatable bonds is 1. The predicted molar refractivity (Wildman–Crippen MR) is 45.3 cm³/mol. The van der Waals surface area contributed by atoms with Gasteiger partial charge in [0.2, 0.25) is 0 Å². The molecule has 13 heavy (non-hydrogen) atoms. The van der Waals surface area contributed by atoms with Crippen molar-refractivity contribution in [2.75, 3.05) is 0 Å². The van der Waals surface area contributed by atoms with E-state index in [0.29, 0.717) is 0 Å². The van der Waals surface area contributed by atoms with Crippen molar-refractivity contribution in [3.05, 3.63) is 18.2 Å². The molecule has 0 aliphatic heterocycles. The molecule has 0 saturated carbocycles. The summed E-state index contributed by atoms with van der Waals surface area (Å²) in [7, 11) is -4.47. The van der Waals surface area contributed by atoms with Crippen molar-refractivity contribution < 1.29 is 23.2 Å². The fourth-order valence-electron chi connectivity index (χ4n) is 0.719. The molecular formula is C6H6CaO5S. The van der Waals surface area contributed by atoms with Gasteiger partial charge in [-0.25, -0.2) is 0 Å². The quantitative estimate of drug-likeness (QED) is 0.357. The molecule has 1 rings (SSSR count). The van der Waals surface area contributed by atoms with Gasteiger partial charge in [0.05, 0.1) is 0 Å². The van der Waals surface area contributed by atoms with E-state index in [1.54, 1.807) is 0 Å². The van der Waals surface area contributed by atoms with E-state index in [0.717, 1.165) is 12.1 Å². The molecular weight excluding hydrogens is 224 g/mol. The third-order valence-corrected chi connectivity index (χ3v) is 2.14. The van der Waals surface area contributed by atoms with Crippen molar-refractivity contribution in [1.29, 1.82) is 0 Å². The fraction of sp³-hybridized carbons (Fsp3) is 0. The molecule has 2 radical (unpaired) electrons. The van der Waals surface area contributed by atoms with Crippen molar-refractivity contribution in [3.8, 4) is 11.5 Å². The van der Waals surface area contributed by atoms with Gasteiger partial charge in [-0.05, 0) is 12.1 Å². The smallest absolute Gasteiger partial charge is 0.298 e. The minimum absolute atomic E-state index is 0. The van der Waals surface area contributed by atoms with Crippen molar-refractivity contribution in [1.82, 2.24) is 0 Å². The number of benzene rings is 1. The third kappa shape index (κ3) is 2.99. The molecule has 0 bridgehead atoms. The molecule has 68 valence electrons. The first-order chi connectivity index (χ1) is 5.43. The molecule has 5 nitrogen and oxygen atoms in total. The summed E-state index contributed by atoms with van der Waals surface area (Å²) < 4.78 is 29.5. The maximum atomic E-state index is 10.5. The van der Waals surface area contributed by atoms with Crippen molar-refractivity contribution >= 4 is 47.9 Å². The zero-order chi connectivity index (χ0) is 9.35. The first kappa shape index (κ1) is 13.0. The van der Waals surface area contributed by atoms with Gasteiger partial charge < -0.3 is 10.2 Å². The van der Waals surface area contributed by atoms with Crippen LogP contribution in [-0.4, -0.2) is 60.9 Å². The van der Waals surface area contributed by atoms with Gasteiger partial charge in [0, 0.05) is 37.7 Å². The van der Waals surface area contributed by atoms with Crippen LogP contribution in [0.4, 0.5) is 0 Å². The second kappa shape index (κ2) is 4.47. The summed E-state index contributed by atoms with van der Waals surface area (Å²) in [6.45, 7) is 0. The summed E-state index contributed by atoms with van der Waals surface area (Å²) in [5.41, 5.74) is 0. The van der Waals surface area contributed by atoms with Crippen LogP contribution in [0.5, 0.6) is 11.5 Å². The molecule has 0 fully saturated rings. The van der Waals surface area contributed by atoms with Crippen LogP contribution in [0.15, 0.2) is 23.1 Å². The molecule has 0 aliphatic carbocycles. The monoisotopic (exact) mass is 230 g/mol. The van der Waals surface area contributed by atoms with Gasteiger partial charge in [0.15, 0.2) is 11.5 Å². The number of hydrogen-bond donors (Lipinski definition) is 3. The van der Waals surface area contributed by atoms with E-state index in [1.165, 1.54) is 6.07 Å². The molecule has 1 aromatic carbocycles. The first-order valence-electron chi connectivity index (χ1n) is 2.91. The summed E-state index contributed by atoms with van der Waals surface area (Å²) in [4.78, 5) is -0.706. The standard InChI is InChI=1S/C6H6O5S.Ca/c7-4-2-1-3-5(6(4)8)12(9,10)11;/h1-3,7-8H,(H,9,10,11);. The largest absolute Gasteiger partial charge is 0.504 e. The normalized spacial score (nSPS) is 10.5. The van der Waals surface area contributed by atoms with E-state index >= 15 is 0 Å². The van der Waals surface area contributed by atoms with Crippen molar-refractivity contribution in [2.45, 2.75) is 4.90 Å². The molecule has 7 heteroatoms. The molecule has 3 N–H and O–H groups in total. The predicted octanol–water partition coefficient (Wildman–Crippen LogP) is -0.0363. The molecule has 0 aromatic heterocycles. The SMILES string of the molecule is O=S(=O)(O)c1cccc(O)c1O.[Ca]. The maximum absolute atomic E-state index is 10.5. The van der Waals surface area contributed by atoms with Gasteiger partial charge in [-0.3, -0.25) is 4.55 Å². The Kier molecular flexibility index (Phi) is 4.47. The molecule has 0 unspecified atom stereocenters. The number of phenolic OH excluding ortho intramolecular Hbond substituents is 2. The molecule has 0 aliphatic rings. The average molecular weight is 230 g/mol. The summed E-state index contributed by atoms with van der Waals surface area (Å²) >= 11 is 0. The van der Waals surface area contributed by atoms with E-state index in [9.17, 15) is 8.42 Å². The minimum atomic E-state index is -4.47. The van der Waals surface area contributed by atoms with Gasteiger partial charge in [-0.1, -0.05) is 6.07 Å². The van der Waals surface area contributed by atoms with Crippen LogP contribution in [0.1, 0.15) is 0 Å². The third-order valence-electron chi connectivity index (χ3n) is 1.26. The van der Waals surface area contributed by atoms with Crippen LogP contribution in [-0.2, 0) is 10.1 Å². The van der Waals surface area contributed by atoms with Crippen LogP contribution in [0.3, 0.4) is 0 Å². The van der Waals surface area contributed by atoms with E-state index < -0.39 is 26.5 Å². The van der Waals surface area contributed by atoms with Gasteiger partial charge in [-0.15, -0.1) is 0 Å². The van der Waals surface area contributed by atoms with Gasteiger partial charge in [-0.2, -0.15) is 8.42 Å². The summed E-state index contributed by atoms with van der Waals surface area (Å²) in [6, 6.07) is 3.27. The Bertz CT molecular complexity index is 399. The van der Waals surface area contributed by atoms with Gasteiger partial charge in [0.1, 0.15) is 4.90 Å². The molecule has 0 spiro atoms. The Balaban J connectivity index is 0.00000144. The Morgan fingerprint density at radius 1 is 1.15 bits per heavy atom. The van der Waals surface area contributed by atoms with Crippen molar-refractivity contribution in [2.24, 2.45) is 0 Å². The van der Waals surface area contributed by atoms with Crippen molar-refractivity contribution in [3.63, 3.8) is 0 Å². The molecule has 1 aromatic rings. The van der Waals surface area contributed by atoms with Crippen LogP contribution in [0.25, 0.3) is 0 Å². The number of para-hydroxylation sites is 1. The Morgan fingerprint density at radius 3 is 2.08 bits per heavy atom. The minimum Gasteiger partial charge on any atom is -0.504 e. The number of phenols is 2. The van der Waals surface area contributed by atoms with E-state index in [4.69, 9.17) is 14.8 Å². The van der Waals surface area contributed by atoms with E-state index in [-0.39, 0.29) is 37.7 Å². The van der Waals surface area contributed by atoms with Crippen LogP contribution in [0, 0.1) is 0 Å². The van der Waals surface area contributed by atoms with Crippen LogP contribution in [0.2, 0.25) is 0 Å². The fourth-order valence-corrected chi connectivity index (χ4v) is 1.32. The second-order valence-electron chi connectivity index (χ2n) is 2.10. The Morgan fingerprint density at radius 2 is 1.69 bits per heavy atom. The molecule has 0 saturated heterocycles. The second-order valence-corrected chi connectivity index (χ2v) is 3.49. The maximum Gasteiger partial charge on any atom is 0.298 e. The Labute approximate surface area is 105 Å². The number of hydrogen-bond acceptors (Lipinski definition) is 4. The summed E-state index contributed by atoms with van der Waals surface area (Å²) in [5.74, 6) is -1.44. The van der Waals surface area contributed by atoms with E-state index in [2.05, 4.69) is 0 Å². The number of aromatic hydroxyl groups is 2. The van der Waals surface area contributed by atoms with Crippen LogP contribution < -0.4 is 0 Å². The topological polar surface area (TPSA) is 94.8 Å². The zero-order valence-electron chi connectivity index (χ0n) is 6.51. The van der Waals surface area contributed by atoms with Crippen LogP contribution >= 0.6 is 0 Å². The van der Waals surface area contributed by atoms with Gasteiger partial charge in [0.25, 0.3) is 10.1 Å². The van der Waals surface area contributed by atoms with Gasteiger partial charge >= 0.3 is 0 Å². The zero-order valence-corrected chi connectivity index (χ0v) is 9.53. The Hall–Kier alpha value is -0.0103. The van der Waals surface area contributed by atoms with E-state index in [1.807, 2.05) is 0 Å². The molecule has 0 heterocycles.